The van der Waals surface area contributed by atoms with Crippen LogP contribution < -0.4 is 10.2 Å². The average molecular weight is 647 g/mol. The molecule has 2 aromatic heterocycles. The lowest BCUT2D eigenvalue weighted by Crippen LogP contribution is -2.55. The summed E-state index contributed by atoms with van der Waals surface area (Å²) >= 11 is 0. The van der Waals surface area contributed by atoms with E-state index in [1.165, 1.54) is 23.2 Å². The van der Waals surface area contributed by atoms with Crippen molar-refractivity contribution in [3.8, 4) is 11.8 Å². The fourth-order valence-corrected chi connectivity index (χ4v) is 6.01. The third-order valence-electron chi connectivity index (χ3n) is 8.13. The average Bonchev–Trinajstić information content (AvgIpc) is 3.68. The van der Waals surface area contributed by atoms with E-state index < -0.39 is 59.6 Å². The number of anilines is 1. The van der Waals surface area contributed by atoms with Gasteiger partial charge in [-0.05, 0) is 42.8 Å². The van der Waals surface area contributed by atoms with Gasteiger partial charge in [-0.25, -0.2) is 19.0 Å². The molecule has 47 heavy (non-hydrogen) atoms. The zero-order valence-electron chi connectivity index (χ0n) is 24.7. The summed E-state index contributed by atoms with van der Waals surface area (Å²) in [4.78, 5) is 50.7. The number of fused-ring (bicyclic) bond motifs is 1. The van der Waals surface area contributed by atoms with Gasteiger partial charge < -0.3 is 10.2 Å². The minimum absolute atomic E-state index is 0.111. The van der Waals surface area contributed by atoms with Crippen LogP contribution >= 0.6 is 0 Å². The van der Waals surface area contributed by atoms with E-state index in [0.717, 1.165) is 11.1 Å². The van der Waals surface area contributed by atoms with Crippen molar-refractivity contribution in [1.29, 1.82) is 5.26 Å². The number of benzene rings is 2. The van der Waals surface area contributed by atoms with E-state index in [9.17, 15) is 37.2 Å². The molecule has 0 unspecified atom stereocenters. The molecule has 4 atom stereocenters. The number of aromatic nitrogens is 4. The second-order valence-corrected chi connectivity index (χ2v) is 11.0. The smallest absolute Gasteiger partial charge is 0.337 e. The van der Waals surface area contributed by atoms with Crippen LogP contribution in [0.2, 0.25) is 0 Å². The summed E-state index contributed by atoms with van der Waals surface area (Å²) in [7, 11) is 0. The highest BCUT2D eigenvalue weighted by molar-refractivity contribution is 6.04. The molecule has 6 rings (SSSR count). The number of nitrogens with one attached hydrogen (secondary N) is 1. The van der Waals surface area contributed by atoms with Crippen molar-refractivity contribution < 1.29 is 31.9 Å². The Morgan fingerprint density at radius 2 is 1.87 bits per heavy atom. The molecule has 2 aromatic carbocycles. The summed E-state index contributed by atoms with van der Waals surface area (Å²) < 4.78 is 55.8. The van der Waals surface area contributed by atoms with Crippen molar-refractivity contribution in [2.75, 3.05) is 18.0 Å². The number of halogens is 4. The van der Waals surface area contributed by atoms with Crippen LogP contribution in [0.4, 0.5) is 23.4 Å². The predicted molar refractivity (Wildman–Crippen MR) is 158 cm³/mol. The second-order valence-electron chi connectivity index (χ2n) is 11.0. The minimum Gasteiger partial charge on any atom is -0.337 e. The molecule has 11 nitrogen and oxygen atoms in total. The zero-order chi connectivity index (χ0) is 33.5. The van der Waals surface area contributed by atoms with Crippen LogP contribution in [-0.2, 0) is 11.0 Å². The third kappa shape index (κ3) is 5.78. The summed E-state index contributed by atoms with van der Waals surface area (Å²) in [6.07, 6.45) is -3.98. The topological polar surface area (TPSA) is 137 Å². The molecule has 2 aliphatic heterocycles. The fourth-order valence-electron chi connectivity index (χ4n) is 6.01. The van der Waals surface area contributed by atoms with E-state index in [-0.39, 0.29) is 25.1 Å². The molecule has 0 saturated carbocycles. The molecule has 15 heteroatoms. The maximum Gasteiger partial charge on any atom is 0.433 e. The van der Waals surface area contributed by atoms with Gasteiger partial charge in [0.2, 0.25) is 5.82 Å². The molecule has 2 aliphatic rings. The van der Waals surface area contributed by atoms with E-state index in [0.29, 0.717) is 28.7 Å². The Balaban J connectivity index is 1.46. The van der Waals surface area contributed by atoms with Gasteiger partial charge in [-0.3, -0.25) is 19.3 Å². The van der Waals surface area contributed by atoms with Gasteiger partial charge >= 0.3 is 6.18 Å². The van der Waals surface area contributed by atoms with Gasteiger partial charge in [0.25, 0.3) is 17.7 Å². The lowest BCUT2D eigenvalue weighted by Gasteiger charge is -2.38. The van der Waals surface area contributed by atoms with E-state index in [1.54, 1.807) is 48.0 Å². The van der Waals surface area contributed by atoms with Crippen LogP contribution in [0.25, 0.3) is 5.69 Å². The van der Waals surface area contributed by atoms with E-state index in [4.69, 9.17) is 0 Å². The first-order valence-corrected chi connectivity index (χ1v) is 14.6. The molecule has 240 valence electrons. The van der Waals surface area contributed by atoms with Crippen LogP contribution in [-0.4, -0.2) is 73.7 Å². The summed E-state index contributed by atoms with van der Waals surface area (Å²) in [6.45, 7) is 1.62. The number of para-hydroxylation sites is 1. The van der Waals surface area contributed by atoms with Crippen molar-refractivity contribution in [3.63, 3.8) is 0 Å². The Kier molecular flexibility index (Phi) is 8.18. The molecule has 1 fully saturated rings. The van der Waals surface area contributed by atoms with Crippen LogP contribution in [0.1, 0.15) is 57.1 Å². The van der Waals surface area contributed by atoms with Gasteiger partial charge in [0, 0.05) is 36.2 Å². The van der Waals surface area contributed by atoms with Gasteiger partial charge in [-0.2, -0.15) is 23.5 Å². The maximum atomic E-state index is 14.2. The van der Waals surface area contributed by atoms with Gasteiger partial charge in [-0.15, -0.1) is 0 Å². The summed E-state index contributed by atoms with van der Waals surface area (Å²) in [5.74, 6) is -3.68. The Labute approximate surface area is 265 Å². The van der Waals surface area contributed by atoms with Gasteiger partial charge in [0.15, 0.2) is 0 Å². The van der Waals surface area contributed by atoms with Gasteiger partial charge in [0.1, 0.15) is 29.8 Å². The molecule has 1 saturated heterocycles. The number of hydrogen-bond donors (Lipinski definition) is 1. The first kappa shape index (κ1) is 31.3. The number of rotatable bonds is 6. The number of amides is 3. The van der Waals surface area contributed by atoms with Crippen LogP contribution in [0.3, 0.4) is 0 Å². The van der Waals surface area contributed by atoms with Crippen molar-refractivity contribution in [2.45, 2.75) is 43.7 Å². The maximum absolute atomic E-state index is 14.2. The molecule has 1 N–H and O–H groups in total. The molecule has 0 bridgehead atoms. The highest BCUT2D eigenvalue weighted by Crippen LogP contribution is 2.42. The summed E-state index contributed by atoms with van der Waals surface area (Å²) in [5, 5.41) is 16.6. The monoisotopic (exact) mass is 646 g/mol. The van der Waals surface area contributed by atoms with E-state index >= 15 is 0 Å². The molecule has 0 spiro atoms. The highest BCUT2D eigenvalue weighted by atomic mass is 19.4. The number of carbonyl (C=O) groups excluding carboxylic acids is 3. The van der Waals surface area contributed by atoms with Crippen LogP contribution in [0, 0.1) is 11.3 Å². The molecule has 0 aliphatic carbocycles. The number of likely N-dealkylation sites (tertiary alicyclic amines) is 1. The lowest BCUT2D eigenvalue weighted by molar-refractivity contribution is -0.141. The quantitative estimate of drug-likeness (QED) is 0.312. The first-order chi connectivity index (χ1) is 22.5. The van der Waals surface area contributed by atoms with Crippen molar-refractivity contribution in [2.24, 2.45) is 0 Å². The van der Waals surface area contributed by atoms with Gasteiger partial charge in [0.05, 0.1) is 24.5 Å². The normalized spacial score (nSPS) is 20.9. The Morgan fingerprint density at radius 1 is 1.11 bits per heavy atom. The number of hydrogen-bond acceptors (Lipinski definition) is 7. The van der Waals surface area contributed by atoms with Crippen LogP contribution in [0.15, 0.2) is 73.1 Å². The predicted octanol–water partition coefficient (Wildman–Crippen LogP) is 4.05. The van der Waals surface area contributed by atoms with Gasteiger partial charge in [-0.1, -0.05) is 30.3 Å². The molecular weight excluding hydrogens is 620 g/mol. The number of likely N-dealkylation sites (N-methyl/N-ethyl adjacent to an activating group) is 1. The SMILES string of the molecule is CCN1C(=O)[C@@H](NC(=O)c2nccc(C(F)(F)F)n2)[C@H](c2cccc(C(=O)N3C[C@H](F)C[C@H]3C#N)c2)c2cnn(-c3ccccc3)c21. The molecule has 0 radical (unpaired) electrons. The Morgan fingerprint density at radius 3 is 2.57 bits per heavy atom. The fraction of sp³-hybridized carbons (Fsp3) is 0.281. The molecule has 3 amide bonds. The van der Waals surface area contributed by atoms with Crippen LogP contribution in [0.5, 0.6) is 0 Å². The van der Waals surface area contributed by atoms with Crippen molar-refractivity contribution in [3.05, 3.63) is 101 Å². The van der Waals surface area contributed by atoms with E-state index in [1.807, 2.05) is 12.1 Å². The van der Waals surface area contributed by atoms with Crippen molar-refractivity contribution in [1.82, 2.24) is 30.0 Å². The lowest BCUT2D eigenvalue weighted by atomic mass is 9.81. The van der Waals surface area contributed by atoms with Crippen molar-refractivity contribution >= 4 is 23.5 Å². The molecular formula is C32H26F4N8O3. The minimum atomic E-state index is -4.84. The number of nitrogens with zero attached hydrogens (tertiary/aromatic N) is 7. The standard InChI is InChI=1S/C32H26F4N8O3/c1-2-42-29-23(16-39-44(29)21-9-4-3-5-10-21)25(18-7-6-8-19(13-18)30(46)43-17-20(33)14-22(43)15-37)26(31(42)47)41-28(45)27-38-12-11-24(40-27)32(34,35)36/h3-13,16,20,22,25-26H,2,14,17H2,1H3,(H,41,45)/t20-,22+,25-,26+/m1/s1. The third-order valence-corrected chi connectivity index (χ3v) is 8.13. The Bertz CT molecular complexity index is 1890. The molecule has 4 aromatic rings. The first-order valence-electron chi connectivity index (χ1n) is 14.6. The molecule has 4 heterocycles. The Hall–Kier alpha value is -5.65. The highest BCUT2D eigenvalue weighted by Gasteiger charge is 2.45. The zero-order valence-corrected chi connectivity index (χ0v) is 24.7. The number of carbonyl (C=O) groups is 3. The number of nitriles is 1. The largest absolute Gasteiger partial charge is 0.433 e. The summed E-state index contributed by atoms with van der Waals surface area (Å²) in [5.41, 5.74) is 0.291. The second kappa shape index (κ2) is 12.3. The summed E-state index contributed by atoms with van der Waals surface area (Å²) in [6, 6.07) is 15.4. The van der Waals surface area contributed by atoms with E-state index in [2.05, 4.69) is 20.4 Å². The number of alkyl halides is 4.